The molecule has 0 spiro atoms. The number of carbonyl (C=O) groups is 1. The number of alkyl halides is 4. The summed E-state index contributed by atoms with van der Waals surface area (Å²) in [6.07, 6.45) is -2.66. The van der Waals surface area contributed by atoms with Crippen LogP contribution in [0.4, 0.5) is 29.5 Å². The van der Waals surface area contributed by atoms with E-state index in [0.717, 1.165) is 0 Å². The molecule has 6 aromatic heterocycles. The zero-order valence-electron chi connectivity index (χ0n) is 34.8. The second-order valence-electron chi connectivity index (χ2n) is 15.0. The predicted octanol–water partition coefficient (Wildman–Crippen LogP) is 5.17. The Kier molecular flexibility index (Phi) is 11.8. The molecule has 2 unspecified atom stereocenters. The minimum Gasteiger partial charge on any atom is -0.467 e. The Labute approximate surface area is 360 Å². The molecule has 2 atom stereocenters. The summed E-state index contributed by atoms with van der Waals surface area (Å²) in [6, 6.07) is 12.8. The highest BCUT2D eigenvalue weighted by atomic mass is 19.3. The normalized spacial score (nSPS) is 15.7. The zero-order valence-corrected chi connectivity index (χ0v) is 34.8. The van der Waals surface area contributed by atoms with Crippen LogP contribution in [0.2, 0.25) is 0 Å². The van der Waals surface area contributed by atoms with Gasteiger partial charge in [0.25, 0.3) is 12.9 Å². The molecule has 2 fully saturated rings. The standard InChI is InChI=1S/C21H21F2N7O3.C20H21F2N7O2/c1-12(20(31)32-2)29-11-24-15-17(29)26-21(28-7-9-33-10-8-28)27-18(15)30-14-6-4-3-5-13(14)25-19(30)16(22)23;1-12(10-30)28-11-23-15-17(28)25-20(27-6-8-31-9-7-27)26-18(15)29-14-5-3-2-4-13(14)24-19(29)16(21)22/h3-6,11-12,16H,7-10H2,1-2H3;2-5,11-12,16,30H,6-10H2,1H3. The number of nitrogens with zero attached hydrogens (tertiary/aromatic N) is 14. The summed E-state index contributed by atoms with van der Waals surface area (Å²) in [5.74, 6) is -0.198. The number of rotatable bonds is 10. The number of methoxy groups -OCH3 is 1. The number of aliphatic hydroxyl groups is 1. The number of halogens is 4. The van der Waals surface area contributed by atoms with Crippen molar-refractivity contribution in [3.63, 3.8) is 0 Å². The van der Waals surface area contributed by atoms with Crippen molar-refractivity contribution in [1.82, 2.24) is 58.1 Å². The molecule has 0 amide bonds. The van der Waals surface area contributed by atoms with Gasteiger partial charge in [0, 0.05) is 26.2 Å². The quantitative estimate of drug-likeness (QED) is 0.140. The maximum absolute atomic E-state index is 14.1. The minimum absolute atomic E-state index is 0.117. The van der Waals surface area contributed by atoms with Crippen LogP contribution >= 0.6 is 0 Å². The van der Waals surface area contributed by atoms with Crippen LogP contribution in [0, 0.1) is 0 Å². The van der Waals surface area contributed by atoms with Crippen molar-refractivity contribution in [3.8, 4) is 11.6 Å². The molecule has 64 heavy (non-hydrogen) atoms. The number of morpholine rings is 2. The number of aromatic nitrogens is 12. The Morgan fingerprint density at radius 3 is 1.55 bits per heavy atom. The Hall–Kier alpha value is -6.85. The maximum Gasteiger partial charge on any atom is 0.328 e. The van der Waals surface area contributed by atoms with Crippen LogP contribution in [0.25, 0.3) is 56.0 Å². The molecule has 2 aromatic carbocycles. The molecular weight excluding hydrogens is 845 g/mol. The molecule has 23 heteroatoms. The fraction of sp³-hybridized carbons (Fsp3) is 0.390. The topological polar surface area (TPSA) is 194 Å². The molecular formula is C41H42F4N14O5. The Morgan fingerprint density at radius 1 is 0.672 bits per heavy atom. The Balaban J connectivity index is 0.000000162. The van der Waals surface area contributed by atoms with Crippen molar-refractivity contribution in [2.45, 2.75) is 38.8 Å². The van der Waals surface area contributed by atoms with E-state index in [1.807, 2.05) is 16.7 Å². The lowest BCUT2D eigenvalue weighted by atomic mass is 10.3. The summed E-state index contributed by atoms with van der Waals surface area (Å²) < 4.78 is 77.7. The molecule has 0 saturated carbocycles. The van der Waals surface area contributed by atoms with E-state index in [2.05, 4.69) is 39.9 Å². The first-order valence-electron chi connectivity index (χ1n) is 20.4. The summed E-state index contributed by atoms with van der Waals surface area (Å²) >= 11 is 0. The lowest BCUT2D eigenvalue weighted by Gasteiger charge is -2.27. The van der Waals surface area contributed by atoms with E-state index >= 15 is 0 Å². The van der Waals surface area contributed by atoms with Gasteiger partial charge in [-0.05, 0) is 38.1 Å². The van der Waals surface area contributed by atoms with Crippen LogP contribution in [-0.4, -0.2) is 136 Å². The molecule has 8 heterocycles. The average Bonchev–Trinajstić information content (AvgIpc) is 4.14. The van der Waals surface area contributed by atoms with Gasteiger partial charge >= 0.3 is 5.97 Å². The number of imidazole rings is 4. The number of hydrogen-bond acceptors (Lipinski definition) is 15. The SMILES string of the molecule is CC(CO)n1cnc2c(-n3c(C(F)F)nc4ccccc43)nc(N3CCOCC3)nc21.COC(=O)C(C)n1cnc2c(-n3c(C(F)F)nc4ccccc43)nc(N3CCOCC3)nc21. The summed E-state index contributed by atoms with van der Waals surface area (Å²) in [4.78, 5) is 51.8. The highest BCUT2D eigenvalue weighted by molar-refractivity contribution is 5.88. The lowest BCUT2D eigenvalue weighted by molar-refractivity contribution is -0.143. The zero-order chi connectivity index (χ0) is 44.6. The first kappa shape index (κ1) is 42.5. The third kappa shape index (κ3) is 7.68. The van der Waals surface area contributed by atoms with Crippen LogP contribution in [0.3, 0.4) is 0 Å². The summed E-state index contributed by atoms with van der Waals surface area (Å²) in [7, 11) is 1.30. The van der Waals surface area contributed by atoms with E-state index < -0.39 is 36.5 Å². The van der Waals surface area contributed by atoms with Gasteiger partial charge in [-0.15, -0.1) is 0 Å². The van der Waals surface area contributed by atoms with Crippen molar-refractivity contribution in [1.29, 1.82) is 0 Å². The number of ether oxygens (including phenoxy) is 3. The first-order chi connectivity index (χ1) is 31.1. The number of anilines is 2. The van der Waals surface area contributed by atoms with E-state index in [-0.39, 0.29) is 29.8 Å². The van der Waals surface area contributed by atoms with Gasteiger partial charge in [-0.1, -0.05) is 24.3 Å². The lowest BCUT2D eigenvalue weighted by Crippen LogP contribution is -2.37. The third-order valence-corrected chi connectivity index (χ3v) is 11.1. The number of para-hydroxylation sites is 4. The van der Waals surface area contributed by atoms with Gasteiger partial charge < -0.3 is 38.3 Å². The van der Waals surface area contributed by atoms with Crippen molar-refractivity contribution in [2.75, 3.05) is 76.1 Å². The van der Waals surface area contributed by atoms with Gasteiger partial charge in [-0.25, -0.2) is 42.3 Å². The molecule has 19 nitrogen and oxygen atoms in total. The maximum atomic E-state index is 14.1. The predicted molar refractivity (Wildman–Crippen MR) is 224 cm³/mol. The highest BCUT2D eigenvalue weighted by Crippen LogP contribution is 2.34. The molecule has 0 aliphatic carbocycles. The fourth-order valence-electron chi connectivity index (χ4n) is 7.71. The summed E-state index contributed by atoms with van der Waals surface area (Å²) in [5, 5.41) is 9.66. The van der Waals surface area contributed by atoms with Crippen LogP contribution in [0.15, 0.2) is 61.2 Å². The summed E-state index contributed by atoms with van der Waals surface area (Å²) in [5.41, 5.74) is 3.26. The van der Waals surface area contributed by atoms with E-state index in [0.29, 0.717) is 103 Å². The monoisotopic (exact) mass is 886 g/mol. The van der Waals surface area contributed by atoms with Gasteiger partial charge in [0.1, 0.15) is 6.04 Å². The molecule has 334 valence electrons. The van der Waals surface area contributed by atoms with E-state index in [4.69, 9.17) is 14.2 Å². The van der Waals surface area contributed by atoms with Crippen molar-refractivity contribution in [3.05, 3.63) is 72.8 Å². The second-order valence-corrected chi connectivity index (χ2v) is 15.0. The molecule has 8 aromatic rings. The summed E-state index contributed by atoms with van der Waals surface area (Å²) in [6.45, 7) is 7.65. The van der Waals surface area contributed by atoms with Crippen molar-refractivity contribution >= 4 is 62.3 Å². The smallest absolute Gasteiger partial charge is 0.328 e. The number of aliphatic hydroxyl groups excluding tert-OH is 1. The van der Waals surface area contributed by atoms with Crippen LogP contribution in [0.5, 0.6) is 0 Å². The van der Waals surface area contributed by atoms with Crippen LogP contribution < -0.4 is 9.80 Å². The number of fused-ring (bicyclic) bond motifs is 4. The molecule has 10 rings (SSSR count). The Bertz CT molecular complexity index is 2960. The van der Waals surface area contributed by atoms with Gasteiger partial charge in [-0.2, -0.15) is 19.9 Å². The van der Waals surface area contributed by atoms with Crippen LogP contribution in [0.1, 0.15) is 50.4 Å². The molecule has 2 aliphatic heterocycles. The first-order valence-corrected chi connectivity index (χ1v) is 20.4. The molecule has 2 saturated heterocycles. The van der Waals surface area contributed by atoms with Crippen molar-refractivity contribution < 1.29 is 41.7 Å². The minimum atomic E-state index is -2.84. The number of carbonyl (C=O) groups excluding carboxylic acids is 1. The average molecular weight is 887 g/mol. The second kappa shape index (κ2) is 17.7. The van der Waals surface area contributed by atoms with Crippen LogP contribution in [-0.2, 0) is 19.0 Å². The third-order valence-electron chi connectivity index (χ3n) is 11.1. The van der Waals surface area contributed by atoms with E-state index in [1.54, 1.807) is 70.9 Å². The fourth-order valence-corrected chi connectivity index (χ4v) is 7.71. The van der Waals surface area contributed by atoms with E-state index in [9.17, 15) is 27.5 Å². The molecule has 0 radical (unpaired) electrons. The largest absolute Gasteiger partial charge is 0.467 e. The van der Waals surface area contributed by atoms with Gasteiger partial charge in [0.2, 0.25) is 11.9 Å². The van der Waals surface area contributed by atoms with E-state index in [1.165, 1.54) is 22.6 Å². The van der Waals surface area contributed by atoms with Gasteiger partial charge in [0.05, 0.1) is 80.9 Å². The van der Waals surface area contributed by atoms with Crippen molar-refractivity contribution in [2.24, 2.45) is 0 Å². The highest BCUT2D eigenvalue weighted by Gasteiger charge is 2.30. The molecule has 2 aliphatic rings. The Morgan fingerprint density at radius 2 is 1.11 bits per heavy atom. The number of esters is 1. The molecule has 0 bridgehead atoms. The molecule has 1 N–H and O–H groups in total. The van der Waals surface area contributed by atoms with Gasteiger partial charge in [0.15, 0.2) is 45.6 Å². The number of benzene rings is 2. The number of hydrogen-bond donors (Lipinski definition) is 1. The van der Waals surface area contributed by atoms with Gasteiger partial charge in [-0.3, -0.25) is 9.13 Å².